The van der Waals surface area contributed by atoms with Crippen LogP contribution in [0.1, 0.15) is 20.3 Å². The van der Waals surface area contributed by atoms with Gasteiger partial charge >= 0.3 is 0 Å². The van der Waals surface area contributed by atoms with Gasteiger partial charge in [-0.25, -0.2) is 0 Å². The van der Waals surface area contributed by atoms with Gasteiger partial charge in [0.1, 0.15) is 0 Å². The molecule has 0 aromatic rings. The normalized spacial score (nSPS) is 21.5. The molecule has 6 nitrogen and oxygen atoms in total. The number of nitrogens with one attached hydrogen (secondary N) is 2. The highest BCUT2D eigenvalue weighted by Gasteiger charge is 2.18. The molecule has 1 aliphatic heterocycles. The van der Waals surface area contributed by atoms with E-state index in [9.17, 15) is 9.59 Å². The lowest BCUT2D eigenvalue weighted by Crippen LogP contribution is -2.39. The summed E-state index contributed by atoms with van der Waals surface area (Å²) in [5.74, 6) is -0.0817. The quantitative estimate of drug-likeness (QED) is 0.633. The van der Waals surface area contributed by atoms with E-state index in [1.54, 1.807) is 6.92 Å². The molecule has 2 amide bonds. The van der Waals surface area contributed by atoms with Gasteiger partial charge in [-0.2, -0.15) is 0 Å². The molecule has 1 aliphatic rings. The van der Waals surface area contributed by atoms with Crippen LogP contribution >= 0.6 is 11.8 Å². The maximum absolute atomic E-state index is 11.4. The Hall–Kier alpha value is -1.08. The first-order valence-corrected chi connectivity index (χ1v) is 6.40. The molecule has 1 heterocycles. The van der Waals surface area contributed by atoms with Gasteiger partial charge in [-0.1, -0.05) is 11.8 Å². The van der Waals surface area contributed by atoms with Gasteiger partial charge in [0.25, 0.3) is 0 Å². The molecule has 0 bridgehead atoms. The zero-order valence-corrected chi connectivity index (χ0v) is 10.7. The second-order valence-electron chi connectivity index (χ2n) is 3.98. The third-order valence-electron chi connectivity index (χ3n) is 2.09. The average molecular weight is 259 g/mol. The van der Waals surface area contributed by atoms with Crippen LogP contribution in [0.2, 0.25) is 0 Å². The molecule has 1 rings (SSSR count). The first-order valence-electron chi connectivity index (χ1n) is 5.42. The Kier molecular flexibility index (Phi) is 5.43. The number of hydrogen-bond acceptors (Lipinski definition) is 5. The molecule has 0 fully saturated rings. The number of thioether (sulfide) groups is 1. The summed E-state index contributed by atoms with van der Waals surface area (Å²) in [6, 6.07) is -0.296. The second kappa shape index (κ2) is 6.61. The monoisotopic (exact) mass is 259 g/mol. The lowest BCUT2D eigenvalue weighted by atomic mass is 10.2. The van der Waals surface area contributed by atoms with Crippen molar-refractivity contribution in [1.29, 1.82) is 0 Å². The first kappa shape index (κ1) is 14.0. The minimum Gasteiger partial charge on any atom is -0.394 e. The summed E-state index contributed by atoms with van der Waals surface area (Å²) in [6.07, 6.45) is 0.387. The van der Waals surface area contributed by atoms with Crippen molar-refractivity contribution in [3.8, 4) is 0 Å². The van der Waals surface area contributed by atoms with Crippen LogP contribution in [0.25, 0.3) is 0 Å². The Labute approximate surface area is 104 Å². The molecule has 0 aromatic heterocycles. The average Bonchev–Trinajstić information content (AvgIpc) is 2.25. The first-order chi connectivity index (χ1) is 8.01. The fourth-order valence-electron chi connectivity index (χ4n) is 1.29. The summed E-state index contributed by atoms with van der Waals surface area (Å²) >= 11 is 1.19. The van der Waals surface area contributed by atoms with E-state index in [0.717, 1.165) is 0 Å². The van der Waals surface area contributed by atoms with Crippen LogP contribution in [0.15, 0.2) is 4.99 Å². The highest BCUT2D eigenvalue weighted by Crippen LogP contribution is 2.10. The summed E-state index contributed by atoms with van der Waals surface area (Å²) in [4.78, 5) is 26.8. The van der Waals surface area contributed by atoms with Crippen molar-refractivity contribution in [2.45, 2.75) is 32.4 Å². The molecule has 7 heteroatoms. The van der Waals surface area contributed by atoms with Gasteiger partial charge in [0.05, 0.1) is 18.4 Å². The maximum Gasteiger partial charge on any atom is 0.230 e. The van der Waals surface area contributed by atoms with Gasteiger partial charge in [0.15, 0.2) is 5.17 Å². The zero-order valence-electron chi connectivity index (χ0n) is 9.90. The van der Waals surface area contributed by atoms with Crippen LogP contribution in [0, 0.1) is 0 Å². The largest absolute Gasteiger partial charge is 0.394 e. The SMILES string of the molecule is C[C@@H]1CC(=O)NC(SCC(=O)N[C@@H](C)CO)=N1. The number of nitrogens with zero attached hydrogens (tertiary/aromatic N) is 1. The van der Waals surface area contributed by atoms with Gasteiger partial charge in [-0.15, -0.1) is 0 Å². The summed E-state index contributed by atoms with van der Waals surface area (Å²) in [5, 5.41) is 14.5. The highest BCUT2D eigenvalue weighted by atomic mass is 32.2. The van der Waals surface area contributed by atoms with Gasteiger partial charge in [-0.3, -0.25) is 14.6 Å². The molecule has 0 saturated carbocycles. The van der Waals surface area contributed by atoms with Crippen LogP contribution in [0.3, 0.4) is 0 Å². The number of hydrogen-bond donors (Lipinski definition) is 3. The van der Waals surface area contributed by atoms with Crippen LogP contribution < -0.4 is 10.6 Å². The fraction of sp³-hybridized carbons (Fsp3) is 0.700. The zero-order chi connectivity index (χ0) is 12.8. The summed E-state index contributed by atoms with van der Waals surface area (Å²) < 4.78 is 0. The lowest BCUT2D eigenvalue weighted by Gasteiger charge is -2.17. The molecule has 0 aliphatic carbocycles. The number of carbonyl (C=O) groups excluding carboxylic acids is 2. The van der Waals surface area contributed by atoms with E-state index in [0.29, 0.717) is 11.6 Å². The molecule has 96 valence electrons. The van der Waals surface area contributed by atoms with Crippen LogP contribution in [-0.2, 0) is 9.59 Å². The van der Waals surface area contributed by atoms with E-state index >= 15 is 0 Å². The summed E-state index contributed by atoms with van der Waals surface area (Å²) in [5.41, 5.74) is 0. The van der Waals surface area contributed by atoms with Crippen molar-refractivity contribution in [2.75, 3.05) is 12.4 Å². The van der Waals surface area contributed by atoms with Crippen molar-refractivity contribution < 1.29 is 14.7 Å². The Balaban J connectivity index is 2.35. The van der Waals surface area contributed by atoms with Crippen molar-refractivity contribution >= 4 is 28.7 Å². The highest BCUT2D eigenvalue weighted by molar-refractivity contribution is 8.14. The molecular formula is C10H17N3O3S. The Morgan fingerprint density at radius 2 is 2.47 bits per heavy atom. The predicted octanol–water partition coefficient (Wildman–Crippen LogP) is -0.519. The standard InChI is InChI=1S/C10H17N3O3S/c1-6-3-8(15)13-10(12-6)17-5-9(16)11-7(2)4-14/h6-7,14H,3-5H2,1-2H3,(H,11,16)(H,12,13,15)/t6-,7+/m1/s1. The molecular weight excluding hydrogens is 242 g/mol. The van der Waals surface area contributed by atoms with Gasteiger partial charge in [0.2, 0.25) is 11.8 Å². The third kappa shape index (κ3) is 5.18. The van der Waals surface area contributed by atoms with Gasteiger partial charge in [-0.05, 0) is 13.8 Å². The Morgan fingerprint density at radius 1 is 1.76 bits per heavy atom. The number of rotatable bonds is 4. The number of aliphatic hydroxyl groups is 1. The molecule has 0 aromatic carbocycles. The summed E-state index contributed by atoms with van der Waals surface area (Å²) in [7, 11) is 0. The predicted molar refractivity (Wildman–Crippen MR) is 66.8 cm³/mol. The number of aliphatic imine (C=N–C) groups is 1. The van der Waals surface area contributed by atoms with Gasteiger partial charge < -0.3 is 15.7 Å². The molecule has 17 heavy (non-hydrogen) atoms. The smallest absolute Gasteiger partial charge is 0.230 e. The van der Waals surface area contributed by atoms with Crippen molar-refractivity contribution in [2.24, 2.45) is 4.99 Å². The molecule has 3 N–H and O–H groups in total. The molecule has 0 unspecified atom stereocenters. The lowest BCUT2D eigenvalue weighted by molar-refractivity contribution is -0.120. The number of amidine groups is 1. The maximum atomic E-state index is 11.4. The molecule has 2 atom stereocenters. The number of amides is 2. The third-order valence-corrected chi connectivity index (χ3v) is 2.97. The minimum atomic E-state index is -0.259. The van der Waals surface area contributed by atoms with E-state index in [4.69, 9.17) is 5.11 Å². The Morgan fingerprint density at radius 3 is 3.06 bits per heavy atom. The Bertz CT molecular complexity index is 333. The van der Waals surface area contributed by atoms with Crippen molar-refractivity contribution in [3.05, 3.63) is 0 Å². The van der Waals surface area contributed by atoms with Crippen LogP contribution in [0.5, 0.6) is 0 Å². The van der Waals surface area contributed by atoms with Crippen molar-refractivity contribution in [1.82, 2.24) is 10.6 Å². The van der Waals surface area contributed by atoms with E-state index in [-0.39, 0.29) is 36.3 Å². The fourth-order valence-corrected chi connectivity index (χ4v) is 2.08. The summed E-state index contributed by atoms with van der Waals surface area (Å²) in [6.45, 7) is 3.48. The molecule has 0 radical (unpaired) electrons. The van der Waals surface area contributed by atoms with E-state index in [1.807, 2.05) is 6.92 Å². The second-order valence-corrected chi connectivity index (χ2v) is 4.94. The minimum absolute atomic E-state index is 0.0364. The molecule has 0 saturated heterocycles. The molecule has 0 spiro atoms. The van der Waals surface area contributed by atoms with Crippen molar-refractivity contribution in [3.63, 3.8) is 0 Å². The van der Waals surface area contributed by atoms with Crippen LogP contribution in [-0.4, -0.2) is 46.5 Å². The van der Waals surface area contributed by atoms with E-state index < -0.39 is 0 Å². The van der Waals surface area contributed by atoms with Crippen LogP contribution in [0.4, 0.5) is 0 Å². The number of carbonyl (C=O) groups is 2. The van der Waals surface area contributed by atoms with E-state index in [1.165, 1.54) is 11.8 Å². The number of aliphatic hydroxyl groups excluding tert-OH is 1. The topological polar surface area (TPSA) is 90.8 Å². The van der Waals surface area contributed by atoms with Gasteiger partial charge in [0, 0.05) is 12.5 Å². The van der Waals surface area contributed by atoms with E-state index in [2.05, 4.69) is 15.6 Å².